The highest BCUT2D eigenvalue weighted by Gasteiger charge is 2.19. The van der Waals surface area contributed by atoms with Gasteiger partial charge in [0.05, 0.1) is 5.69 Å². The van der Waals surface area contributed by atoms with Crippen molar-refractivity contribution in [3.05, 3.63) is 200 Å². The van der Waals surface area contributed by atoms with Crippen molar-refractivity contribution >= 4 is 70.9 Å². The van der Waals surface area contributed by atoms with Gasteiger partial charge >= 0.3 is 0 Å². The van der Waals surface area contributed by atoms with Crippen LogP contribution in [0.15, 0.2) is 200 Å². The van der Waals surface area contributed by atoms with Gasteiger partial charge in [-0.15, -0.1) is 0 Å². The third-order valence-corrected chi connectivity index (χ3v) is 10.4. The first-order valence-electron chi connectivity index (χ1n) is 17.6. The second-order valence-electron chi connectivity index (χ2n) is 13.3. The molecule has 0 aliphatic carbocycles. The molecule has 0 fully saturated rings. The van der Waals surface area contributed by atoms with Crippen LogP contribution in [0.2, 0.25) is 0 Å². The van der Waals surface area contributed by atoms with E-state index < -0.39 is 0 Å². The van der Waals surface area contributed by atoms with E-state index in [9.17, 15) is 0 Å². The van der Waals surface area contributed by atoms with Crippen molar-refractivity contribution < 1.29 is 0 Å². The van der Waals surface area contributed by atoms with Gasteiger partial charge in [-0.3, -0.25) is 0 Å². The molecular weight excluding hydrogens is 615 g/mol. The third-order valence-electron chi connectivity index (χ3n) is 10.4. The Balaban J connectivity index is 1.20. The molecule has 1 heteroatoms. The van der Waals surface area contributed by atoms with Crippen molar-refractivity contribution in [1.29, 1.82) is 0 Å². The smallest absolute Gasteiger partial charge is 0.0540 e. The molecule has 0 aromatic heterocycles. The largest absolute Gasteiger partial charge is 0.310 e. The summed E-state index contributed by atoms with van der Waals surface area (Å²) in [6.45, 7) is 0. The molecule has 0 unspecified atom stereocenters. The Kier molecular flexibility index (Phi) is 6.89. The molecule has 0 saturated carbocycles. The molecule has 0 bridgehead atoms. The molecule has 0 atom stereocenters. The van der Waals surface area contributed by atoms with E-state index in [4.69, 9.17) is 0 Å². The fourth-order valence-corrected chi connectivity index (χ4v) is 8.08. The highest BCUT2D eigenvalue weighted by molar-refractivity contribution is 6.26. The van der Waals surface area contributed by atoms with Crippen molar-refractivity contribution in [3.63, 3.8) is 0 Å². The Morgan fingerprint density at radius 3 is 1.41 bits per heavy atom. The van der Waals surface area contributed by atoms with Crippen LogP contribution < -0.4 is 4.90 Å². The highest BCUT2D eigenvalue weighted by atomic mass is 15.1. The number of nitrogens with zero attached hydrogens (tertiary/aromatic N) is 1. The summed E-state index contributed by atoms with van der Waals surface area (Å²) in [6.07, 6.45) is 0. The van der Waals surface area contributed by atoms with Crippen molar-refractivity contribution in [2.75, 3.05) is 4.90 Å². The Morgan fingerprint density at radius 2 is 0.725 bits per heavy atom. The maximum Gasteiger partial charge on any atom is 0.0540 e. The first-order chi connectivity index (χ1) is 25.3. The molecule has 0 spiro atoms. The van der Waals surface area contributed by atoms with Crippen LogP contribution in [0.25, 0.3) is 76.1 Å². The van der Waals surface area contributed by atoms with Gasteiger partial charge in [0.1, 0.15) is 0 Å². The van der Waals surface area contributed by atoms with Gasteiger partial charge in [0.2, 0.25) is 0 Å². The second-order valence-corrected chi connectivity index (χ2v) is 13.3. The maximum absolute atomic E-state index is 2.42. The van der Waals surface area contributed by atoms with Crippen LogP contribution in [-0.4, -0.2) is 0 Å². The fraction of sp³-hybridized carbons (Fsp3) is 0. The lowest BCUT2D eigenvalue weighted by atomic mass is 9.93. The topological polar surface area (TPSA) is 3.24 Å². The quantitative estimate of drug-likeness (QED) is 0.168. The van der Waals surface area contributed by atoms with E-state index in [1.54, 1.807) is 0 Å². The maximum atomic E-state index is 2.42. The van der Waals surface area contributed by atoms with Gasteiger partial charge < -0.3 is 4.90 Å². The molecule has 0 aliphatic rings. The van der Waals surface area contributed by atoms with E-state index in [1.165, 1.54) is 76.1 Å². The standard InChI is InChI=1S/C50H33N/c1-2-14-34(15-3-1)40-18-12-13-25-50(40)51(38-30-31-47-44-22-8-7-20-42(44)43-21-9-11-24-46(43)49(47)33-38)37-28-26-35(27-29-37)48-32-36-16-4-5-17-39(36)41-19-6-10-23-45(41)48/h1-33H. The van der Waals surface area contributed by atoms with E-state index in [0.717, 1.165) is 17.1 Å². The first kappa shape index (κ1) is 29.2. The molecule has 0 amide bonds. The highest BCUT2D eigenvalue weighted by Crippen LogP contribution is 2.44. The van der Waals surface area contributed by atoms with Gasteiger partial charge in [-0.25, -0.2) is 0 Å². The van der Waals surface area contributed by atoms with Gasteiger partial charge in [-0.05, 0) is 107 Å². The summed E-state index contributed by atoms with van der Waals surface area (Å²) in [4.78, 5) is 2.42. The van der Waals surface area contributed by atoms with Crippen molar-refractivity contribution in [1.82, 2.24) is 0 Å². The van der Waals surface area contributed by atoms with Crippen molar-refractivity contribution in [2.45, 2.75) is 0 Å². The number of hydrogen-bond acceptors (Lipinski definition) is 1. The van der Waals surface area contributed by atoms with Crippen LogP contribution in [0.4, 0.5) is 17.1 Å². The molecule has 0 aliphatic heterocycles. The molecule has 10 rings (SSSR count). The summed E-state index contributed by atoms with van der Waals surface area (Å²) in [5.74, 6) is 0. The van der Waals surface area contributed by atoms with Gasteiger partial charge in [0, 0.05) is 16.9 Å². The predicted octanol–water partition coefficient (Wildman–Crippen LogP) is 14.3. The summed E-state index contributed by atoms with van der Waals surface area (Å²) >= 11 is 0. The zero-order chi connectivity index (χ0) is 33.7. The number of rotatable bonds is 5. The number of anilines is 3. The fourth-order valence-electron chi connectivity index (χ4n) is 8.08. The molecular formula is C50H33N. The van der Waals surface area contributed by atoms with Crippen LogP contribution >= 0.6 is 0 Å². The first-order valence-corrected chi connectivity index (χ1v) is 17.6. The molecule has 1 nitrogen and oxygen atoms in total. The van der Waals surface area contributed by atoms with Gasteiger partial charge in [0.25, 0.3) is 0 Å². The molecule has 238 valence electrons. The number of hydrogen-bond donors (Lipinski definition) is 0. The Bertz CT molecular complexity index is 2870. The average Bonchev–Trinajstić information content (AvgIpc) is 3.21. The van der Waals surface area contributed by atoms with Crippen molar-refractivity contribution in [2.24, 2.45) is 0 Å². The van der Waals surface area contributed by atoms with E-state index in [0.29, 0.717) is 0 Å². The lowest BCUT2D eigenvalue weighted by Gasteiger charge is -2.28. The summed E-state index contributed by atoms with van der Waals surface area (Å²) in [6, 6.07) is 73.0. The normalized spacial score (nSPS) is 11.5. The minimum Gasteiger partial charge on any atom is -0.310 e. The molecule has 10 aromatic carbocycles. The summed E-state index contributed by atoms with van der Waals surface area (Å²) in [5, 5.41) is 12.7. The minimum absolute atomic E-state index is 1.11. The van der Waals surface area contributed by atoms with Crippen LogP contribution in [-0.2, 0) is 0 Å². The zero-order valence-corrected chi connectivity index (χ0v) is 28.0. The predicted molar refractivity (Wildman–Crippen MR) is 220 cm³/mol. The molecule has 10 aromatic rings. The number of benzene rings is 10. The molecule has 0 heterocycles. The molecule has 51 heavy (non-hydrogen) atoms. The van der Waals surface area contributed by atoms with Crippen molar-refractivity contribution in [3.8, 4) is 22.3 Å². The lowest BCUT2D eigenvalue weighted by Crippen LogP contribution is -2.11. The molecule has 0 saturated heterocycles. The van der Waals surface area contributed by atoms with E-state index in [-0.39, 0.29) is 0 Å². The molecule has 0 radical (unpaired) electrons. The SMILES string of the molecule is c1ccc(-c2ccccc2N(c2ccc(-c3cc4ccccc4c4ccccc34)cc2)c2ccc3c4ccccc4c4ccccc4c3c2)cc1. The number of para-hydroxylation sites is 1. The van der Waals surface area contributed by atoms with E-state index in [2.05, 4.69) is 205 Å². The lowest BCUT2D eigenvalue weighted by molar-refractivity contribution is 1.29. The Morgan fingerprint density at radius 1 is 0.255 bits per heavy atom. The van der Waals surface area contributed by atoms with Crippen LogP contribution in [0.5, 0.6) is 0 Å². The van der Waals surface area contributed by atoms with Gasteiger partial charge in [-0.1, -0.05) is 164 Å². The monoisotopic (exact) mass is 647 g/mol. The van der Waals surface area contributed by atoms with E-state index >= 15 is 0 Å². The Hall–Kier alpha value is -6.70. The second kappa shape index (κ2) is 12.0. The van der Waals surface area contributed by atoms with Crippen LogP contribution in [0.3, 0.4) is 0 Å². The van der Waals surface area contributed by atoms with Gasteiger partial charge in [0.15, 0.2) is 0 Å². The average molecular weight is 648 g/mol. The van der Waals surface area contributed by atoms with E-state index in [1.807, 2.05) is 0 Å². The summed E-state index contributed by atoms with van der Waals surface area (Å²) in [5.41, 5.74) is 8.19. The van der Waals surface area contributed by atoms with Crippen LogP contribution in [0.1, 0.15) is 0 Å². The third kappa shape index (κ3) is 4.86. The minimum atomic E-state index is 1.11. The zero-order valence-electron chi connectivity index (χ0n) is 28.0. The van der Waals surface area contributed by atoms with Gasteiger partial charge in [-0.2, -0.15) is 0 Å². The molecule has 0 N–H and O–H groups in total. The van der Waals surface area contributed by atoms with Crippen LogP contribution in [0, 0.1) is 0 Å². The number of fused-ring (bicyclic) bond motifs is 9. The summed E-state index contributed by atoms with van der Waals surface area (Å²) in [7, 11) is 0. The Labute approximate surface area is 297 Å². The summed E-state index contributed by atoms with van der Waals surface area (Å²) < 4.78 is 0.